The molecule has 39 heavy (non-hydrogen) atoms. The Balaban J connectivity index is 1.59. The quantitative estimate of drug-likeness (QED) is 0.214. The van der Waals surface area contributed by atoms with Gasteiger partial charge in [-0.05, 0) is 41.8 Å². The van der Waals surface area contributed by atoms with Crippen LogP contribution in [0, 0.1) is 0 Å². The molecule has 2 heterocycles. The zero-order valence-corrected chi connectivity index (χ0v) is 22.8. The molecule has 0 aliphatic carbocycles. The molecule has 0 saturated carbocycles. The number of anilines is 1. The average Bonchev–Trinajstić information content (AvgIpc) is 3.38. The molecule has 204 valence electrons. The number of aryl methyl sites for hydroxylation is 1. The minimum Gasteiger partial charge on any atom is -0.438 e. The summed E-state index contributed by atoms with van der Waals surface area (Å²) in [7, 11) is -8.45. The average molecular weight is 592 g/mol. The highest BCUT2D eigenvalue weighted by Crippen LogP contribution is 2.41. The Kier molecular flexibility index (Phi) is 7.40. The van der Waals surface area contributed by atoms with Gasteiger partial charge in [0.1, 0.15) is 11.8 Å². The van der Waals surface area contributed by atoms with Crippen LogP contribution in [-0.2, 0) is 26.8 Å². The maximum absolute atomic E-state index is 11.6. The highest BCUT2D eigenvalue weighted by atomic mass is 35.5. The Labute approximate surface area is 230 Å². The van der Waals surface area contributed by atoms with Crippen molar-refractivity contribution < 1.29 is 39.7 Å². The van der Waals surface area contributed by atoms with Crippen LogP contribution in [0.25, 0.3) is 28.3 Å². The molecule has 0 spiro atoms. The molecule has 0 amide bonds. The van der Waals surface area contributed by atoms with Crippen molar-refractivity contribution in [1.82, 2.24) is 0 Å². The predicted octanol–water partition coefficient (Wildman–Crippen LogP) is 4.40. The molecule has 0 fully saturated rings. The van der Waals surface area contributed by atoms with Crippen LogP contribution in [-0.4, -0.2) is 44.0 Å². The van der Waals surface area contributed by atoms with Gasteiger partial charge in [-0.3, -0.25) is 9.11 Å². The summed E-state index contributed by atoms with van der Waals surface area (Å²) >= 11 is 6.19. The molecule has 0 bridgehead atoms. The number of hydrogen-bond acceptors (Lipinski definition) is 7. The van der Waals surface area contributed by atoms with Gasteiger partial charge in [-0.1, -0.05) is 48.0 Å². The van der Waals surface area contributed by atoms with E-state index in [1.807, 2.05) is 42.5 Å². The summed E-state index contributed by atoms with van der Waals surface area (Å²) < 4.78 is 78.2. The maximum atomic E-state index is 11.6. The van der Waals surface area contributed by atoms with Crippen molar-refractivity contribution in [2.75, 3.05) is 23.0 Å². The van der Waals surface area contributed by atoms with Gasteiger partial charge in [-0.25, -0.2) is 0 Å². The van der Waals surface area contributed by atoms with E-state index in [0.717, 1.165) is 11.1 Å². The second-order valence-electron chi connectivity index (χ2n) is 8.91. The van der Waals surface area contributed by atoms with Crippen LogP contribution in [0.1, 0.15) is 12.3 Å². The predicted molar refractivity (Wildman–Crippen MR) is 147 cm³/mol. The molecular formula is C26H24ClN2O8S2+. The van der Waals surface area contributed by atoms with Crippen LogP contribution >= 0.6 is 11.6 Å². The van der Waals surface area contributed by atoms with E-state index in [1.54, 1.807) is 39.8 Å². The number of fused-ring (bicyclic) bond motifs is 2. The monoisotopic (exact) mass is 591 g/mol. The normalized spacial score (nSPS) is 14.6. The molecule has 13 heteroatoms. The fraction of sp³-hybridized carbons (Fsp3) is 0.192. The minimum atomic E-state index is -4.28. The number of benzene rings is 3. The van der Waals surface area contributed by atoms with Gasteiger partial charge in [0, 0.05) is 17.6 Å². The lowest BCUT2D eigenvalue weighted by atomic mass is 10.1. The third-order valence-corrected chi connectivity index (χ3v) is 7.87. The number of hydrogen-bond donors (Lipinski definition) is 2. The van der Waals surface area contributed by atoms with Crippen LogP contribution in [0.5, 0.6) is 5.75 Å². The van der Waals surface area contributed by atoms with Crippen molar-refractivity contribution in [3.63, 3.8) is 0 Å². The van der Waals surface area contributed by atoms with E-state index in [-0.39, 0.29) is 31.3 Å². The molecule has 1 aromatic heterocycles. The lowest BCUT2D eigenvalue weighted by molar-refractivity contribution is -0.673. The van der Waals surface area contributed by atoms with E-state index >= 15 is 0 Å². The third kappa shape index (κ3) is 6.43. The van der Waals surface area contributed by atoms with Crippen LogP contribution in [0.15, 0.2) is 77.0 Å². The molecule has 1 aliphatic heterocycles. The topological polar surface area (TPSA) is 138 Å². The molecule has 1 aliphatic rings. The molecule has 2 N–H and O–H groups in total. The first-order valence-electron chi connectivity index (χ1n) is 11.9. The number of ether oxygens (including phenoxy) is 1. The zero-order valence-electron chi connectivity index (χ0n) is 20.4. The van der Waals surface area contributed by atoms with Gasteiger partial charge in [-0.2, -0.15) is 21.4 Å². The van der Waals surface area contributed by atoms with Gasteiger partial charge >= 0.3 is 5.89 Å². The van der Waals surface area contributed by atoms with E-state index in [9.17, 15) is 25.9 Å². The van der Waals surface area contributed by atoms with Gasteiger partial charge in [0.15, 0.2) is 12.3 Å². The van der Waals surface area contributed by atoms with E-state index in [0.29, 0.717) is 27.6 Å². The number of rotatable bonds is 9. The fourth-order valence-electron chi connectivity index (χ4n) is 4.38. The molecule has 5 rings (SSSR count). The van der Waals surface area contributed by atoms with Gasteiger partial charge in [0.05, 0.1) is 11.4 Å². The molecule has 0 saturated heterocycles. The zero-order chi connectivity index (χ0) is 27.8. The first kappa shape index (κ1) is 27.2. The first-order valence-corrected chi connectivity index (χ1v) is 15.5. The Morgan fingerprint density at radius 1 is 0.897 bits per heavy atom. The Bertz CT molecular complexity index is 1790. The van der Waals surface area contributed by atoms with Crippen molar-refractivity contribution in [1.29, 1.82) is 0 Å². The van der Waals surface area contributed by atoms with Gasteiger partial charge in [0.2, 0.25) is 11.5 Å². The Morgan fingerprint density at radius 3 is 2.36 bits per heavy atom. The molecule has 10 nitrogen and oxygen atoms in total. The summed E-state index contributed by atoms with van der Waals surface area (Å²) in [6, 6.07) is 20.2. The summed E-state index contributed by atoms with van der Waals surface area (Å²) in [4.78, 5) is 1.70. The van der Waals surface area contributed by atoms with Crippen LogP contribution < -0.4 is 14.2 Å². The van der Waals surface area contributed by atoms with Crippen LogP contribution in [0.4, 0.5) is 5.69 Å². The highest BCUT2D eigenvalue weighted by molar-refractivity contribution is 7.86. The Morgan fingerprint density at radius 2 is 1.64 bits per heavy atom. The van der Waals surface area contributed by atoms with Crippen molar-refractivity contribution in [2.45, 2.75) is 13.0 Å². The molecule has 3 aromatic carbocycles. The smallest absolute Gasteiger partial charge is 0.379 e. The Hall–Kier alpha value is -3.42. The van der Waals surface area contributed by atoms with Gasteiger partial charge in [0.25, 0.3) is 25.8 Å². The second-order valence-corrected chi connectivity index (χ2v) is 12.5. The SMILES string of the molecule is O=S(=O)(O)CCCN1C(=Cc2oc3ccc(-c4ccccc4)cc3[n+]2CCS(=O)(=O)O)Oc2ccc(Cl)cc21. The molecule has 0 radical (unpaired) electrons. The van der Waals surface area contributed by atoms with Gasteiger partial charge in [-0.15, -0.1) is 0 Å². The molecule has 4 aromatic rings. The maximum Gasteiger partial charge on any atom is 0.379 e. The largest absolute Gasteiger partial charge is 0.438 e. The first-order chi connectivity index (χ1) is 18.5. The summed E-state index contributed by atoms with van der Waals surface area (Å²) in [5, 5.41) is 0.443. The van der Waals surface area contributed by atoms with E-state index in [1.165, 1.54) is 0 Å². The van der Waals surface area contributed by atoms with E-state index in [2.05, 4.69) is 0 Å². The third-order valence-electron chi connectivity index (χ3n) is 6.13. The summed E-state index contributed by atoms with van der Waals surface area (Å²) in [5.41, 5.74) is 3.51. The van der Waals surface area contributed by atoms with E-state index in [4.69, 9.17) is 20.8 Å². The summed E-state index contributed by atoms with van der Waals surface area (Å²) in [6.45, 7) is 0.0626. The van der Waals surface area contributed by atoms with E-state index < -0.39 is 31.7 Å². The summed E-state index contributed by atoms with van der Waals surface area (Å²) in [5.74, 6) is 0.00311. The van der Waals surface area contributed by atoms with Crippen molar-refractivity contribution in [3.8, 4) is 16.9 Å². The van der Waals surface area contributed by atoms with Crippen LogP contribution in [0.2, 0.25) is 5.02 Å². The molecular weight excluding hydrogens is 568 g/mol. The van der Waals surface area contributed by atoms with Crippen molar-refractivity contribution >= 4 is 54.7 Å². The molecule has 0 atom stereocenters. The number of nitrogens with zero attached hydrogens (tertiary/aromatic N) is 2. The van der Waals surface area contributed by atoms with Crippen LogP contribution in [0.3, 0.4) is 0 Å². The lowest BCUT2D eigenvalue weighted by Crippen LogP contribution is -2.39. The lowest BCUT2D eigenvalue weighted by Gasteiger charge is -2.17. The molecule has 0 unspecified atom stereocenters. The van der Waals surface area contributed by atoms with Gasteiger partial charge < -0.3 is 14.1 Å². The number of halogens is 1. The number of oxazole rings is 1. The fourth-order valence-corrected chi connectivity index (χ4v) is 5.45. The minimum absolute atomic E-state index is 0.0921. The summed E-state index contributed by atoms with van der Waals surface area (Å²) in [6.07, 6.45) is 1.66. The standard InChI is InChI=1S/C26H23ClN2O8S2/c27-20-8-10-24-22(16-20)28(11-4-13-38(30,31)32)25(37-24)17-26-29(12-14-39(33,34)35)21-15-19(7-9-23(21)36-26)18-5-2-1-3-6-18/h1-3,5-10,15-17H,4,11-14H2,(H-,30,31,32,33,34,35)/p+1. The van der Waals surface area contributed by atoms with Crippen molar-refractivity contribution in [2.24, 2.45) is 0 Å². The number of aromatic nitrogens is 1. The highest BCUT2D eigenvalue weighted by Gasteiger charge is 2.31. The second kappa shape index (κ2) is 10.6. The van der Waals surface area contributed by atoms with Crippen molar-refractivity contribution in [3.05, 3.63) is 83.5 Å².